The lowest BCUT2D eigenvalue weighted by molar-refractivity contribution is -0.119. The second-order valence-electron chi connectivity index (χ2n) is 2.96. The molecule has 0 aromatic carbocycles. The predicted octanol–water partition coefficient (Wildman–Crippen LogP) is 2.24. The summed E-state index contributed by atoms with van der Waals surface area (Å²) in [5, 5.41) is 5.74. The molecule has 1 aromatic heterocycles. The highest BCUT2D eigenvalue weighted by atomic mass is 32.2. The molecule has 1 aromatic rings. The van der Waals surface area contributed by atoms with Crippen LogP contribution in [0.3, 0.4) is 0 Å². The second-order valence-corrected chi connectivity index (χ2v) is 4.92. The first-order valence-corrected chi connectivity index (χ1v) is 6.65. The number of amides is 1. The summed E-state index contributed by atoms with van der Waals surface area (Å²) in [6, 6.07) is 0.00170. The average Bonchev–Trinajstić information content (AvgIpc) is 2.70. The Morgan fingerprint density at radius 2 is 2.67 bits per heavy atom. The van der Waals surface area contributed by atoms with Crippen LogP contribution in [0.25, 0.3) is 0 Å². The van der Waals surface area contributed by atoms with Crippen molar-refractivity contribution in [3.05, 3.63) is 29.2 Å². The number of carbonyl (C=O) groups excluding carboxylic acids is 1. The number of thiazole rings is 1. The normalized spacial score (nSPS) is 12.1. The molecule has 0 radical (unpaired) electrons. The zero-order chi connectivity index (χ0) is 11.1. The Bertz CT molecular complexity index is 311. The molecule has 82 valence electrons. The van der Waals surface area contributed by atoms with Crippen LogP contribution in [0.15, 0.2) is 24.2 Å². The molecule has 0 aliphatic carbocycles. The highest BCUT2D eigenvalue weighted by Gasteiger charge is 2.10. The summed E-state index contributed by atoms with van der Waals surface area (Å²) in [5.41, 5.74) is 0. The largest absolute Gasteiger partial charge is 0.346 e. The first-order valence-electron chi connectivity index (χ1n) is 4.61. The van der Waals surface area contributed by atoms with Crippen molar-refractivity contribution in [2.24, 2.45) is 0 Å². The molecule has 3 nitrogen and oxygen atoms in total. The van der Waals surface area contributed by atoms with Crippen molar-refractivity contribution in [1.82, 2.24) is 10.3 Å². The Morgan fingerprint density at radius 1 is 1.87 bits per heavy atom. The summed E-state index contributed by atoms with van der Waals surface area (Å²) in [4.78, 5) is 15.6. The van der Waals surface area contributed by atoms with Crippen LogP contribution in [0.2, 0.25) is 0 Å². The third-order valence-electron chi connectivity index (χ3n) is 1.67. The number of hydrogen-bond donors (Lipinski definition) is 1. The number of carbonyl (C=O) groups is 1. The summed E-state index contributed by atoms with van der Waals surface area (Å²) in [6.07, 6.45) is 3.54. The molecule has 0 fully saturated rings. The SMILES string of the molecule is C=CCSCC(=O)NC(C)c1nccs1. The molecule has 0 bridgehead atoms. The van der Waals surface area contributed by atoms with Crippen LogP contribution >= 0.6 is 23.1 Å². The maximum atomic E-state index is 11.4. The molecule has 0 spiro atoms. The first kappa shape index (κ1) is 12.3. The molecule has 5 heteroatoms. The van der Waals surface area contributed by atoms with E-state index in [1.165, 1.54) is 0 Å². The van der Waals surface area contributed by atoms with E-state index >= 15 is 0 Å². The van der Waals surface area contributed by atoms with E-state index in [0.717, 1.165) is 10.8 Å². The van der Waals surface area contributed by atoms with Crippen LogP contribution in [0.4, 0.5) is 0 Å². The quantitative estimate of drug-likeness (QED) is 0.614. The molecule has 1 rings (SSSR count). The van der Waals surface area contributed by atoms with Crippen LogP contribution in [0.5, 0.6) is 0 Å². The fourth-order valence-corrected chi connectivity index (χ4v) is 2.23. The molecule has 0 aliphatic rings. The number of thioether (sulfide) groups is 1. The van der Waals surface area contributed by atoms with Crippen molar-refractivity contribution in [3.63, 3.8) is 0 Å². The summed E-state index contributed by atoms with van der Waals surface area (Å²) in [5.74, 6) is 1.32. The molecule has 0 saturated heterocycles. The molecular weight excluding hydrogens is 228 g/mol. The maximum Gasteiger partial charge on any atom is 0.230 e. The lowest BCUT2D eigenvalue weighted by Crippen LogP contribution is -2.28. The highest BCUT2D eigenvalue weighted by Crippen LogP contribution is 2.14. The number of aromatic nitrogens is 1. The van der Waals surface area contributed by atoms with Gasteiger partial charge in [-0.1, -0.05) is 6.08 Å². The Balaban J connectivity index is 2.28. The van der Waals surface area contributed by atoms with Gasteiger partial charge in [0, 0.05) is 17.3 Å². The Labute approximate surface area is 98.0 Å². The van der Waals surface area contributed by atoms with Crippen LogP contribution in [-0.4, -0.2) is 22.4 Å². The van der Waals surface area contributed by atoms with E-state index in [0.29, 0.717) is 5.75 Å². The van der Waals surface area contributed by atoms with E-state index in [4.69, 9.17) is 0 Å². The summed E-state index contributed by atoms with van der Waals surface area (Å²) in [7, 11) is 0. The van der Waals surface area contributed by atoms with Crippen molar-refractivity contribution >= 4 is 29.0 Å². The van der Waals surface area contributed by atoms with Gasteiger partial charge in [0.1, 0.15) is 5.01 Å². The van der Waals surface area contributed by atoms with Crippen LogP contribution in [0.1, 0.15) is 18.0 Å². The lowest BCUT2D eigenvalue weighted by Gasteiger charge is -2.10. The van der Waals surface area contributed by atoms with Gasteiger partial charge in [0.05, 0.1) is 11.8 Å². The molecule has 0 saturated carbocycles. The number of nitrogens with zero attached hydrogens (tertiary/aromatic N) is 1. The average molecular weight is 242 g/mol. The molecule has 15 heavy (non-hydrogen) atoms. The van der Waals surface area contributed by atoms with Gasteiger partial charge in [0.15, 0.2) is 0 Å². The minimum atomic E-state index is 0.00170. The second kappa shape index (κ2) is 6.63. The zero-order valence-electron chi connectivity index (χ0n) is 8.60. The number of nitrogens with one attached hydrogen (secondary N) is 1. The van der Waals surface area contributed by atoms with Gasteiger partial charge in [0.2, 0.25) is 5.91 Å². The van der Waals surface area contributed by atoms with Crippen LogP contribution in [0, 0.1) is 0 Å². The van der Waals surface area contributed by atoms with Gasteiger partial charge >= 0.3 is 0 Å². The maximum absolute atomic E-state index is 11.4. The van der Waals surface area contributed by atoms with Crippen molar-refractivity contribution in [3.8, 4) is 0 Å². The molecule has 1 heterocycles. The molecule has 1 amide bonds. The van der Waals surface area contributed by atoms with E-state index in [1.54, 1.807) is 35.4 Å². The predicted molar refractivity (Wildman–Crippen MR) is 66.2 cm³/mol. The third kappa shape index (κ3) is 4.48. The van der Waals surface area contributed by atoms with Crippen LogP contribution < -0.4 is 5.32 Å². The molecule has 0 aliphatic heterocycles. The minimum Gasteiger partial charge on any atom is -0.346 e. The highest BCUT2D eigenvalue weighted by molar-refractivity contribution is 8.00. The van der Waals surface area contributed by atoms with Crippen molar-refractivity contribution in [1.29, 1.82) is 0 Å². The Hall–Kier alpha value is -0.810. The smallest absolute Gasteiger partial charge is 0.230 e. The van der Waals surface area contributed by atoms with Gasteiger partial charge < -0.3 is 5.32 Å². The van der Waals surface area contributed by atoms with Gasteiger partial charge in [-0.3, -0.25) is 4.79 Å². The van der Waals surface area contributed by atoms with E-state index in [9.17, 15) is 4.79 Å². The van der Waals surface area contributed by atoms with Gasteiger partial charge in [0.25, 0.3) is 0 Å². The minimum absolute atomic E-state index is 0.00170. The standard InChI is InChI=1S/C10H14N2OS2/c1-3-5-14-7-9(13)12-8(2)10-11-4-6-15-10/h3-4,6,8H,1,5,7H2,2H3,(H,12,13). The van der Waals surface area contributed by atoms with E-state index in [-0.39, 0.29) is 11.9 Å². The number of hydrogen-bond acceptors (Lipinski definition) is 4. The fourth-order valence-electron chi connectivity index (χ4n) is 1.03. The zero-order valence-corrected chi connectivity index (χ0v) is 10.2. The van der Waals surface area contributed by atoms with E-state index < -0.39 is 0 Å². The Kier molecular flexibility index (Phi) is 5.42. The molecular formula is C10H14N2OS2. The van der Waals surface area contributed by atoms with Crippen molar-refractivity contribution in [2.45, 2.75) is 13.0 Å². The molecule has 1 unspecified atom stereocenters. The van der Waals surface area contributed by atoms with Crippen molar-refractivity contribution in [2.75, 3.05) is 11.5 Å². The van der Waals surface area contributed by atoms with E-state index in [1.807, 2.05) is 12.3 Å². The van der Waals surface area contributed by atoms with Crippen LogP contribution in [-0.2, 0) is 4.79 Å². The van der Waals surface area contributed by atoms with Gasteiger partial charge in [-0.05, 0) is 6.92 Å². The lowest BCUT2D eigenvalue weighted by atomic mass is 10.3. The summed E-state index contributed by atoms with van der Waals surface area (Å²) < 4.78 is 0. The monoisotopic (exact) mass is 242 g/mol. The molecule has 1 atom stereocenters. The Morgan fingerprint density at radius 3 is 3.27 bits per heavy atom. The van der Waals surface area contributed by atoms with E-state index in [2.05, 4.69) is 16.9 Å². The molecule has 1 N–H and O–H groups in total. The summed E-state index contributed by atoms with van der Waals surface area (Å²) >= 11 is 3.11. The fraction of sp³-hybridized carbons (Fsp3) is 0.400. The topological polar surface area (TPSA) is 42.0 Å². The van der Waals surface area contributed by atoms with Gasteiger partial charge in [-0.15, -0.1) is 29.7 Å². The van der Waals surface area contributed by atoms with Gasteiger partial charge in [-0.25, -0.2) is 4.98 Å². The summed E-state index contributed by atoms with van der Waals surface area (Å²) in [6.45, 7) is 5.54. The first-order chi connectivity index (χ1) is 7.24. The number of rotatable bonds is 6. The third-order valence-corrected chi connectivity index (χ3v) is 3.56. The van der Waals surface area contributed by atoms with Crippen molar-refractivity contribution < 1.29 is 4.79 Å². The van der Waals surface area contributed by atoms with Gasteiger partial charge in [-0.2, -0.15) is 0 Å².